The van der Waals surface area contributed by atoms with E-state index in [1.807, 2.05) is 30.3 Å². The molecular formula is C24H22Cl2N2O. The maximum Gasteiger partial charge on any atom is 0.124 e. The van der Waals surface area contributed by atoms with Crippen LogP contribution >= 0.6 is 23.2 Å². The zero-order valence-corrected chi connectivity index (χ0v) is 17.4. The quantitative estimate of drug-likeness (QED) is 0.321. The smallest absolute Gasteiger partial charge is 0.124 e. The Morgan fingerprint density at radius 2 is 1.69 bits per heavy atom. The van der Waals surface area contributed by atoms with Crippen molar-refractivity contribution >= 4 is 34.1 Å². The summed E-state index contributed by atoms with van der Waals surface area (Å²) in [4.78, 5) is 3.33. The van der Waals surface area contributed by atoms with Crippen LogP contribution in [0.2, 0.25) is 10.0 Å². The van der Waals surface area contributed by atoms with Crippen molar-refractivity contribution in [2.24, 2.45) is 0 Å². The largest absolute Gasteiger partial charge is 0.489 e. The van der Waals surface area contributed by atoms with E-state index in [-0.39, 0.29) is 0 Å². The summed E-state index contributed by atoms with van der Waals surface area (Å²) in [6.45, 7) is 2.04. The average molecular weight is 425 g/mol. The lowest BCUT2D eigenvalue weighted by molar-refractivity contribution is 0.302. The first kappa shape index (κ1) is 19.8. The van der Waals surface area contributed by atoms with Crippen LogP contribution in [0.15, 0.2) is 72.9 Å². The second-order valence-corrected chi connectivity index (χ2v) is 7.76. The molecule has 148 valence electrons. The van der Waals surface area contributed by atoms with Crippen molar-refractivity contribution in [3.8, 4) is 5.75 Å². The van der Waals surface area contributed by atoms with Crippen LogP contribution < -0.4 is 10.1 Å². The highest BCUT2D eigenvalue weighted by molar-refractivity contribution is 6.35. The average Bonchev–Trinajstić information content (AvgIpc) is 3.14. The number of aromatic nitrogens is 1. The molecule has 0 saturated carbocycles. The molecule has 1 aromatic heterocycles. The van der Waals surface area contributed by atoms with E-state index in [9.17, 15) is 0 Å². The maximum atomic E-state index is 6.25. The summed E-state index contributed by atoms with van der Waals surface area (Å²) in [6, 6.07) is 21.9. The van der Waals surface area contributed by atoms with Crippen LogP contribution in [0.25, 0.3) is 10.9 Å². The van der Waals surface area contributed by atoms with Crippen molar-refractivity contribution in [2.75, 3.05) is 6.54 Å². The van der Waals surface area contributed by atoms with Gasteiger partial charge in [0.25, 0.3) is 0 Å². The van der Waals surface area contributed by atoms with E-state index in [1.54, 1.807) is 6.07 Å². The summed E-state index contributed by atoms with van der Waals surface area (Å²) in [5.74, 6) is 0.859. The van der Waals surface area contributed by atoms with Gasteiger partial charge in [-0.1, -0.05) is 65.7 Å². The predicted molar refractivity (Wildman–Crippen MR) is 121 cm³/mol. The third-order valence-corrected chi connectivity index (χ3v) is 5.52. The van der Waals surface area contributed by atoms with Crippen molar-refractivity contribution in [2.45, 2.75) is 19.6 Å². The minimum Gasteiger partial charge on any atom is -0.489 e. The van der Waals surface area contributed by atoms with Gasteiger partial charge >= 0.3 is 0 Å². The molecule has 0 bridgehead atoms. The number of ether oxygens (including phenoxy) is 1. The molecule has 0 aliphatic carbocycles. The van der Waals surface area contributed by atoms with Gasteiger partial charge in [-0.05, 0) is 42.8 Å². The molecule has 0 amide bonds. The first-order chi connectivity index (χ1) is 14.2. The summed E-state index contributed by atoms with van der Waals surface area (Å²) in [5.41, 5.74) is 4.55. The van der Waals surface area contributed by atoms with Crippen LogP contribution in [0.5, 0.6) is 5.75 Å². The molecule has 3 nitrogen and oxygen atoms in total. The topological polar surface area (TPSA) is 37.0 Å². The van der Waals surface area contributed by atoms with Gasteiger partial charge < -0.3 is 15.0 Å². The van der Waals surface area contributed by atoms with Crippen molar-refractivity contribution in [3.05, 3.63) is 99.7 Å². The van der Waals surface area contributed by atoms with Crippen LogP contribution in [0.3, 0.4) is 0 Å². The highest BCUT2D eigenvalue weighted by Crippen LogP contribution is 2.24. The number of para-hydroxylation sites is 2. The standard InChI is InChI=1S/C24H22Cl2N2O/c25-20-10-9-19(22(26)13-20)16-29-24-8-4-1-5-18(24)14-27-12-11-17-15-28-23-7-3-2-6-21(17)23/h1-10,13,15,27-28H,11-12,14,16H2. The second kappa shape index (κ2) is 9.36. The predicted octanol–water partition coefficient (Wildman–Crippen LogP) is 6.39. The Balaban J connectivity index is 1.33. The zero-order valence-electron chi connectivity index (χ0n) is 15.9. The van der Waals surface area contributed by atoms with Crippen LogP contribution in [-0.4, -0.2) is 11.5 Å². The zero-order chi connectivity index (χ0) is 20.1. The Labute approximate surface area is 180 Å². The normalized spacial score (nSPS) is 11.1. The summed E-state index contributed by atoms with van der Waals surface area (Å²) in [7, 11) is 0. The fourth-order valence-corrected chi connectivity index (χ4v) is 3.83. The molecule has 5 heteroatoms. The van der Waals surface area contributed by atoms with Gasteiger partial charge in [-0.3, -0.25) is 0 Å². The summed E-state index contributed by atoms with van der Waals surface area (Å²) >= 11 is 12.2. The molecule has 0 fully saturated rings. The lowest BCUT2D eigenvalue weighted by Crippen LogP contribution is -2.17. The Bertz CT molecular complexity index is 1110. The van der Waals surface area contributed by atoms with Gasteiger partial charge in [-0.25, -0.2) is 0 Å². The Hall–Kier alpha value is -2.46. The molecular weight excluding hydrogens is 403 g/mol. The molecule has 0 radical (unpaired) electrons. The van der Waals surface area contributed by atoms with E-state index in [4.69, 9.17) is 27.9 Å². The van der Waals surface area contributed by atoms with Crippen LogP contribution in [0, 0.1) is 0 Å². The Morgan fingerprint density at radius 1 is 0.862 bits per heavy atom. The molecule has 4 rings (SSSR count). The number of aromatic amines is 1. The van der Waals surface area contributed by atoms with Gasteiger partial charge in [0, 0.05) is 44.8 Å². The molecule has 0 unspecified atom stereocenters. The van der Waals surface area contributed by atoms with E-state index in [2.05, 4.69) is 46.8 Å². The summed E-state index contributed by atoms with van der Waals surface area (Å²) in [6.07, 6.45) is 3.06. The number of nitrogens with one attached hydrogen (secondary N) is 2. The minimum absolute atomic E-state index is 0.405. The number of benzene rings is 3. The van der Waals surface area contributed by atoms with Gasteiger partial charge in [-0.15, -0.1) is 0 Å². The highest BCUT2D eigenvalue weighted by atomic mass is 35.5. The van der Waals surface area contributed by atoms with Crippen LogP contribution in [0.1, 0.15) is 16.7 Å². The lowest BCUT2D eigenvalue weighted by Gasteiger charge is -2.13. The van der Waals surface area contributed by atoms with Gasteiger partial charge in [0.15, 0.2) is 0 Å². The molecule has 0 atom stereocenters. The Morgan fingerprint density at radius 3 is 2.59 bits per heavy atom. The molecule has 0 aliphatic heterocycles. The monoisotopic (exact) mass is 424 g/mol. The van der Waals surface area contributed by atoms with Crippen molar-refractivity contribution in [3.63, 3.8) is 0 Å². The first-order valence-corrected chi connectivity index (χ1v) is 10.4. The molecule has 0 aliphatic rings. The fourth-order valence-electron chi connectivity index (χ4n) is 3.37. The Kier molecular flexibility index (Phi) is 6.40. The number of halogens is 2. The van der Waals surface area contributed by atoms with Crippen molar-refractivity contribution in [1.29, 1.82) is 0 Å². The molecule has 1 heterocycles. The number of H-pyrrole nitrogens is 1. The van der Waals surface area contributed by atoms with E-state index in [1.165, 1.54) is 16.5 Å². The van der Waals surface area contributed by atoms with Gasteiger partial charge in [0.2, 0.25) is 0 Å². The van der Waals surface area contributed by atoms with E-state index in [0.717, 1.165) is 36.4 Å². The third kappa shape index (κ3) is 4.94. The SMILES string of the molecule is Clc1ccc(COc2ccccc2CNCCc2c[nH]c3ccccc23)c(Cl)c1. The lowest BCUT2D eigenvalue weighted by atomic mass is 10.1. The van der Waals surface area contributed by atoms with E-state index < -0.39 is 0 Å². The fraction of sp³-hybridized carbons (Fsp3) is 0.167. The number of hydrogen-bond donors (Lipinski definition) is 2. The molecule has 0 spiro atoms. The summed E-state index contributed by atoms with van der Waals surface area (Å²) < 4.78 is 6.03. The molecule has 4 aromatic rings. The van der Waals surface area contributed by atoms with E-state index in [0.29, 0.717) is 16.7 Å². The number of hydrogen-bond acceptors (Lipinski definition) is 2. The summed E-state index contributed by atoms with van der Waals surface area (Å²) in [5, 5.41) is 6.06. The van der Waals surface area contributed by atoms with E-state index >= 15 is 0 Å². The molecule has 2 N–H and O–H groups in total. The first-order valence-electron chi connectivity index (χ1n) is 9.61. The van der Waals surface area contributed by atoms with Gasteiger partial charge in [0.1, 0.15) is 12.4 Å². The van der Waals surface area contributed by atoms with Crippen LogP contribution in [0.4, 0.5) is 0 Å². The number of fused-ring (bicyclic) bond motifs is 1. The third-order valence-electron chi connectivity index (χ3n) is 4.93. The number of rotatable bonds is 8. The second-order valence-electron chi connectivity index (χ2n) is 6.92. The minimum atomic E-state index is 0.405. The molecule has 29 heavy (non-hydrogen) atoms. The van der Waals surface area contributed by atoms with Crippen molar-refractivity contribution < 1.29 is 4.74 Å². The molecule has 3 aromatic carbocycles. The highest BCUT2D eigenvalue weighted by Gasteiger charge is 2.07. The maximum absolute atomic E-state index is 6.25. The van der Waals surface area contributed by atoms with Crippen LogP contribution in [-0.2, 0) is 19.6 Å². The molecule has 0 saturated heterocycles. The van der Waals surface area contributed by atoms with Gasteiger partial charge in [0.05, 0.1) is 0 Å². The van der Waals surface area contributed by atoms with Gasteiger partial charge in [-0.2, -0.15) is 0 Å². The van der Waals surface area contributed by atoms with Crippen molar-refractivity contribution in [1.82, 2.24) is 10.3 Å².